The van der Waals surface area contributed by atoms with Crippen molar-refractivity contribution >= 4 is 17.4 Å². The summed E-state index contributed by atoms with van der Waals surface area (Å²) >= 11 is 0. The second-order valence-corrected chi connectivity index (χ2v) is 4.89. The minimum atomic E-state index is -0.380. The van der Waals surface area contributed by atoms with Crippen LogP contribution >= 0.6 is 0 Å². The third kappa shape index (κ3) is 2.81. The van der Waals surface area contributed by atoms with Crippen molar-refractivity contribution in [1.82, 2.24) is 14.9 Å². The number of alkyl carbamates (subject to hydrolysis) is 1. The number of ketones is 1. The Hall–Kier alpha value is -2.57. The number of carbonyl (C=O) groups is 2. The molecule has 110 valence electrons. The molecule has 3 rings (SSSR count). The molecule has 1 N–H and O–H groups in total. The monoisotopic (exact) mass is 289 g/mol. The standard InChI is InChI=1S/C14H15N3O4/c1-9(18)12-6-15-17-7-11(2-3-13(12)17)20-5-4-10-8-21-14(19)16-10/h2-3,6-7,10H,4-5,8H2,1H3,(H,16,19)/t10-/m0/s1. The highest BCUT2D eigenvalue weighted by Crippen LogP contribution is 2.17. The van der Waals surface area contributed by atoms with Crippen molar-refractivity contribution in [1.29, 1.82) is 0 Å². The molecule has 1 amide bonds. The highest BCUT2D eigenvalue weighted by atomic mass is 16.6. The summed E-state index contributed by atoms with van der Waals surface area (Å²) in [5.41, 5.74) is 1.35. The molecule has 0 aromatic carbocycles. The lowest BCUT2D eigenvalue weighted by Gasteiger charge is -2.09. The van der Waals surface area contributed by atoms with Gasteiger partial charge in [-0.3, -0.25) is 4.79 Å². The maximum Gasteiger partial charge on any atom is 0.407 e. The largest absolute Gasteiger partial charge is 0.492 e. The van der Waals surface area contributed by atoms with Crippen LogP contribution in [0.5, 0.6) is 5.75 Å². The van der Waals surface area contributed by atoms with Gasteiger partial charge < -0.3 is 14.8 Å². The van der Waals surface area contributed by atoms with Crippen LogP contribution in [0.1, 0.15) is 23.7 Å². The van der Waals surface area contributed by atoms with E-state index in [4.69, 9.17) is 9.47 Å². The fourth-order valence-corrected chi connectivity index (χ4v) is 2.22. The second kappa shape index (κ2) is 5.43. The molecule has 1 aliphatic heterocycles. The molecule has 2 aromatic rings. The summed E-state index contributed by atoms with van der Waals surface area (Å²) in [6.45, 7) is 2.35. The predicted octanol–water partition coefficient (Wildman–Crippen LogP) is 1.41. The quantitative estimate of drug-likeness (QED) is 0.842. The lowest BCUT2D eigenvalue weighted by atomic mass is 10.2. The van der Waals surface area contributed by atoms with Crippen molar-refractivity contribution in [2.45, 2.75) is 19.4 Å². The number of Topliss-reactive ketones (excluding diaryl/α,β-unsaturated/α-hetero) is 1. The van der Waals surface area contributed by atoms with E-state index in [2.05, 4.69) is 10.4 Å². The number of rotatable bonds is 5. The molecule has 1 atom stereocenters. The van der Waals surface area contributed by atoms with Gasteiger partial charge >= 0.3 is 6.09 Å². The number of pyridine rings is 1. The van der Waals surface area contributed by atoms with Crippen LogP contribution in [-0.4, -0.2) is 40.7 Å². The Morgan fingerprint density at radius 1 is 1.57 bits per heavy atom. The lowest BCUT2D eigenvalue weighted by Crippen LogP contribution is -2.27. The average molecular weight is 289 g/mol. The number of hydrogen-bond acceptors (Lipinski definition) is 5. The van der Waals surface area contributed by atoms with Gasteiger partial charge in [0.05, 0.1) is 36.1 Å². The van der Waals surface area contributed by atoms with Gasteiger partial charge in [0.25, 0.3) is 0 Å². The molecule has 0 unspecified atom stereocenters. The van der Waals surface area contributed by atoms with Crippen molar-refractivity contribution < 1.29 is 19.1 Å². The molecule has 0 aliphatic carbocycles. The molecule has 2 aromatic heterocycles. The summed E-state index contributed by atoms with van der Waals surface area (Å²) in [5.74, 6) is 0.640. The van der Waals surface area contributed by atoms with Gasteiger partial charge in [0, 0.05) is 6.42 Å². The van der Waals surface area contributed by atoms with Crippen LogP contribution in [0, 0.1) is 0 Å². The van der Waals surface area contributed by atoms with E-state index in [-0.39, 0.29) is 17.9 Å². The number of ether oxygens (including phenoxy) is 2. The molecular formula is C14H15N3O4. The average Bonchev–Trinajstić information content (AvgIpc) is 3.04. The molecular weight excluding hydrogens is 274 g/mol. The third-order valence-electron chi connectivity index (χ3n) is 3.34. The Balaban J connectivity index is 1.62. The minimum absolute atomic E-state index is 0.00440. The first-order valence-electron chi connectivity index (χ1n) is 6.68. The summed E-state index contributed by atoms with van der Waals surface area (Å²) < 4.78 is 12.0. The molecule has 0 spiro atoms. The Morgan fingerprint density at radius 3 is 3.14 bits per heavy atom. The number of carbonyl (C=O) groups excluding carboxylic acids is 2. The van der Waals surface area contributed by atoms with Gasteiger partial charge in [-0.05, 0) is 19.1 Å². The van der Waals surface area contributed by atoms with Crippen LogP contribution in [0.25, 0.3) is 5.52 Å². The van der Waals surface area contributed by atoms with Crippen LogP contribution in [0.4, 0.5) is 4.79 Å². The summed E-state index contributed by atoms with van der Waals surface area (Å²) in [6.07, 6.45) is 3.56. The van der Waals surface area contributed by atoms with E-state index in [1.807, 2.05) is 0 Å². The first-order valence-corrected chi connectivity index (χ1v) is 6.68. The minimum Gasteiger partial charge on any atom is -0.492 e. The zero-order valence-corrected chi connectivity index (χ0v) is 11.5. The van der Waals surface area contributed by atoms with Crippen molar-refractivity contribution in [3.8, 4) is 5.75 Å². The summed E-state index contributed by atoms with van der Waals surface area (Å²) in [6, 6.07) is 3.60. The second-order valence-electron chi connectivity index (χ2n) is 4.89. The SMILES string of the molecule is CC(=O)c1cnn2cc(OCC[C@H]3COC(=O)N3)ccc12. The third-order valence-corrected chi connectivity index (χ3v) is 3.34. The van der Waals surface area contributed by atoms with Crippen molar-refractivity contribution in [3.63, 3.8) is 0 Å². The molecule has 1 saturated heterocycles. The smallest absolute Gasteiger partial charge is 0.407 e. The summed E-state index contributed by atoms with van der Waals surface area (Å²) in [5, 5.41) is 6.82. The molecule has 0 bridgehead atoms. The number of hydrogen-bond donors (Lipinski definition) is 1. The van der Waals surface area contributed by atoms with Crippen molar-refractivity contribution in [2.75, 3.05) is 13.2 Å². The van der Waals surface area contributed by atoms with E-state index in [0.29, 0.717) is 30.9 Å². The molecule has 7 nitrogen and oxygen atoms in total. The Kier molecular flexibility index (Phi) is 3.47. The number of fused-ring (bicyclic) bond motifs is 1. The molecule has 21 heavy (non-hydrogen) atoms. The van der Waals surface area contributed by atoms with Gasteiger partial charge in [0.15, 0.2) is 5.78 Å². The van der Waals surface area contributed by atoms with Crippen LogP contribution < -0.4 is 10.1 Å². The summed E-state index contributed by atoms with van der Waals surface area (Å²) in [7, 11) is 0. The fraction of sp³-hybridized carbons (Fsp3) is 0.357. The Labute approximate surface area is 120 Å². The maximum absolute atomic E-state index is 11.4. The van der Waals surface area contributed by atoms with Crippen LogP contribution in [-0.2, 0) is 4.74 Å². The van der Waals surface area contributed by atoms with Gasteiger partial charge in [0.1, 0.15) is 12.4 Å². The maximum atomic E-state index is 11.4. The van der Waals surface area contributed by atoms with Crippen molar-refractivity contribution in [2.24, 2.45) is 0 Å². The molecule has 3 heterocycles. The Morgan fingerprint density at radius 2 is 2.43 bits per heavy atom. The highest BCUT2D eigenvalue weighted by Gasteiger charge is 2.21. The zero-order chi connectivity index (χ0) is 14.8. The molecule has 1 aliphatic rings. The van der Waals surface area contributed by atoms with Gasteiger partial charge in [-0.1, -0.05) is 0 Å². The van der Waals surface area contributed by atoms with Crippen LogP contribution in [0.15, 0.2) is 24.5 Å². The summed E-state index contributed by atoms with van der Waals surface area (Å²) in [4.78, 5) is 22.3. The zero-order valence-electron chi connectivity index (χ0n) is 11.5. The number of amides is 1. The first-order chi connectivity index (χ1) is 10.1. The van der Waals surface area contributed by atoms with E-state index in [9.17, 15) is 9.59 Å². The molecule has 0 radical (unpaired) electrons. The van der Waals surface area contributed by atoms with Gasteiger partial charge in [-0.15, -0.1) is 0 Å². The Bertz CT molecular complexity index is 695. The highest BCUT2D eigenvalue weighted by molar-refractivity contribution is 6.00. The van der Waals surface area contributed by atoms with Crippen LogP contribution in [0.3, 0.4) is 0 Å². The number of aromatic nitrogens is 2. The molecule has 7 heteroatoms. The number of cyclic esters (lactones) is 1. The van der Waals surface area contributed by atoms with E-state index < -0.39 is 0 Å². The molecule has 1 fully saturated rings. The van der Waals surface area contributed by atoms with E-state index in [1.165, 1.54) is 6.92 Å². The van der Waals surface area contributed by atoms with Gasteiger partial charge in [0.2, 0.25) is 0 Å². The fourth-order valence-electron chi connectivity index (χ4n) is 2.22. The van der Waals surface area contributed by atoms with Crippen LogP contribution in [0.2, 0.25) is 0 Å². The van der Waals surface area contributed by atoms with Gasteiger partial charge in [-0.2, -0.15) is 5.10 Å². The topological polar surface area (TPSA) is 81.9 Å². The number of nitrogens with zero attached hydrogens (tertiary/aromatic N) is 2. The number of nitrogens with one attached hydrogen (secondary N) is 1. The molecule has 0 saturated carbocycles. The predicted molar refractivity (Wildman–Crippen MR) is 73.6 cm³/mol. The normalized spacial score (nSPS) is 17.6. The van der Waals surface area contributed by atoms with Crippen molar-refractivity contribution in [3.05, 3.63) is 30.1 Å². The van der Waals surface area contributed by atoms with Gasteiger partial charge in [-0.25, -0.2) is 9.31 Å². The first kappa shape index (κ1) is 13.4. The van der Waals surface area contributed by atoms with E-state index in [1.54, 1.807) is 29.0 Å². The van der Waals surface area contributed by atoms with E-state index in [0.717, 1.165) is 5.52 Å². The van der Waals surface area contributed by atoms with E-state index >= 15 is 0 Å². The lowest BCUT2D eigenvalue weighted by molar-refractivity contribution is 0.101.